The van der Waals surface area contributed by atoms with Gasteiger partial charge in [-0.25, -0.2) is 4.79 Å². The highest BCUT2D eigenvalue weighted by Gasteiger charge is 2.54. The van der Waals surface area contributed by atoms with Gasteiger partial charge < -0.3 is 19.7 Å². The number of carbonyl (C=O) groups excluding carboxylic acids is 1. The van der Waals surface area contributed by atoms with Gasteiger partial charge in [-0.2, -0.15) is 0 Å². The summed E-state index contributed by atoms with van der Waals surface area (Å²) in [6, 6.07) is 6.17. The second-order valence-electron chi connectivity index (χ2n) is 13.2. The largest absolute Gasteiger partial charge is 0.482 e. The highest BCUT2D eigenvalue weighted by atomic mass is 16.6. The van der Waals surface area contributed by atoms with Crippen molar-refractivity contribution < 1.29 is 24.5 Å². The molecule has 0 aromatic heterocycles. The molecule has 8 atom stereocenters. The van der Waals surface area contributed by atoms with E-state index >= 15 is 0 Å². The van der Waals surface area contributed by atoms with E-state index in [9.17, 15) is 15.0 Å². The summed E-state index contributed by atoms with van der Waals surface area (Å²) >= 11 is 0. The number of fused-ring (bicyclic) bond motifs is 4. The lowest BCUT2D eigenvalue weighted by Crippen LogP contribution is -2.30. The molecule has 1 aromatic rings. The highest BCUT2D eigenvalue weighted by molar-refractivity contribution is 5.71. The average Bonchev–Trinajstić information content (AvgIpc) is 3.42. The fourth-order valence-electron chi connectivity index (χ4n) is 8.53. The molecule has 1 aromatic carbocycles. The van der Waals surface area contributed by atoms with Crippen molar-refractivity contribution in [2.24, 2.45) is 35.0 Å². The number of esters is 1. The Hall–Kier alpha value is -1.59. The van der Waals surface area contributed by atoms with Crippen LogP contribution in [0, 0.1) is 35.0 Å². The number of ether oxygens (including phenoxy) is 2. The van der Waals surface area contributed by atoms with Gasteiger partial charge in [0.05, 0.1) is 12.2 Å². The molecule has 4 aliphatic carbocycles. The maximum Gasteiger partial charge on any atom is 0.344 e. The Morgan fingerprint density at radius 3 is 2.70 bits per heavy atom. The van der Waals surface area contributed by atoms with Crippen LogP contribution in [-0.4, -0.2) is 41.1 Å². The van der Waals surface area contributed by atoms with Gasteiger partial charge in [0.15, 0.2) is 6.61 Å². The molecule has 0 radical (unpaired) electrons. The maximum absolute atomic E-state index is 12.7. The molecule has 206 valence electrons. The second-order valence-corrected chi connectivity index (χ2v) is 13.2. The van der Waals surface area contributed by atoms with Crippen molar-refractivity contribution in [3.63, 3.8) is 0 Å². The Morgan fingerprint density at radius 1 is 1.14 bits per heavy atom. The zero-order valence-corrected chi connectivity index (χ0v) is 23.2. The molecule has 0 saturated heterocycles. The molecule has 0 aliphatic heterocycles. The van der Waals surface area contributed by atoms with Crippen LogP contribution in [0.15, 0.2) is 18.2 Å². The molecule has 0 unspecified atom stereocenters. The molecule has 0 spiro atoms. The molecule has 4 aliphatic rings. The normalized spacial score (nSPS) is 34.1. The Bertz CT molecular complexity index is 941. The van der Waals surface area contributed by atoms with Crippen molar-refractivity contribution in [3.05, 3.63) is 29.3 Å². The van der Waals surface area contributed by atoms with E-state index in [4.69, 9.17) is 9.47 Å². The van der Waals surface area contributed by atoms with Crippen LogP contribution >= 0.6 is 0 Å². The van der Waals surface area contributed by atoms with Crippen molar-refractivity contribution >= 4 is 5.97 Å². The van der Waals surface area contributed by atoms with Gasteiger partial charge in [0.2, 0.25) is 0 Å². The lowest BCUT2D eigenvalue weighted by Gasteiger charge is -2.32. The Balaban J connectivity index is 1.15. The molecule has 5 nitrogen and oxygen atoms in total. The van der Waals surface area contributed by atoms with Gasteiger partial charge in [0.25, 0.3) is 0 Å². The quantitative estimate of drug-likeness (QED) is 0.287. The molecule has 5 heteroatoms. The lowest BCUT2D eigenvalue weighted by atomic mass is 9.73. The standard InChI is InChI=1S/C32H48O5/c1-4-5-6-9-23(33)12-13-24-25-15-20-8-7-10-29(26(20)16-21(25)17-28(24)34)36-19-31(35)37-30-18-22-11-14-27(30)32(22,2)3/h7-8,10,21-25,27-28,30,33-34H,4-6,9,11-19H2,1-3H3/t21-,22+,23+,24+,25-,27-,28+,30+/m0/s1. The van der Waals surface area contributed by atoms with Crippen LogP contribution in [0.4, 0.5) is 0 Å². The van der Waals surface area contributed by atoms with E-state index in [-0.39, 0.29) is 42.2 Å². The first-order chi connectivity index (χ1) is 17.8. The summed E-state index contributed by atoms with van der Waals surface area (Å²) in [4.78, 5) is 12.7. The lowest BCUT2D eigenvalue weighted by molar-refractivity contribution is -0.154. The van der Waals surface area contributed by atoms with Gasteiger partial charge in [-0.3, -0.25) is 0 Å². The average molecular weight is 513 g/mol. The third-order valence-corrected chi connectivity index (χ3v) is 10.7. The molecule has 0 amide bonds. The van der Waals surface area contributed by atoms with E-state index in [1.165, 1.54) is 30.4 Å². The molecule has 2 N–H and O–H groups in total. The number of hydrogen-bond donors (Lipinski definition) is 2. The first-order valence-electron chi connectivity index (χ1n) is 15.1. The zero-order chi connectivity index (χ0) is 26.2. The van der Waals surface area contributed by atoms with E-state index in [2.05, 4.69) is 26.8 Å². The van der Waals surface area contributed by atoms with E-state index in [0.717, 1.165) is 63.5 Å². The van der Waals surface area contributed by atoms with Crippen LogP contribution < -0.4 is 4.74 Å². The number of rotatable bonds is 11. The number of aliphatic hydroxyl groups excluding tert-OH is 2. The molecule has 2 bridgehead atoms. The smallest absolute Gasteiger partial charge is 0.344 e. The van der Waals surface area contributed by atoms with Gasteiger partial charge >= 0.3 is 5.97 Å². The van der Waals surface area contributed by atoms with E-state index in [0.29, 0.717) is 23.7 Å². The van der Waals surface area contributed by atoms with Crippen LogP contribution in [0.1, 0.15) is 96.1 Å². The van der Waals surface area contributed by atoms with Crippen LogP contribution in [0.2, 0.25) is 0 Å². The van der Waals surface area contributed by atoms with Gasteiger partial charge in [0.1, 0.15) is 11.9 Å². The molecule has 5 rings (SSSR count). The monoisotopic (exact) mass is 512 g/mol. The summed E-state index contributed by atoms with van der Waals surface area (Å²) in [5, 5.41) is 21.3. The van der Waals surface area contributed by atoms with Crippen molar-refractivity contribution in [1.29, 1.82) is 0 Å². The molecule has 3 fully saturated rings. The first-order valence-corrected chi connectivity index (χ1v) is 15.1. The van der Waals surface area contributed by atoms with Crippen LogP contribution in [0.3, 0.4) is 0 Å². The summed E-state index contributed by atoms with van der Waals surface area (Å²) < 4.78 is 12.0. The minimum atomic E-state index is -0.294. The first kappa shape index (κ1) is 27.0. The Morgan fingerprint density at radius 2 is 1.97 bits per heavy atom. The summed E-state index contributed by atoms with van der Waals surface area (Å²) in [6.45, 7) is 6.79. The third-order valence-electron chi connectivity index (χ3n) is 10.7. The van der Waals surface area contributed by atoms with Gasteiger partial charge in [0, 0.05) is 5.92 Å². The zero-order valence-electron chi connectivity index (χ0n) is 23.2. The number of benzene rings is 1. The maximum atomic E-state index is 12.7. The molecular weight excluding hydrogens is 464 g/mol. The molecule has 37 heavy (non-hydrogen) atoms. The minimum Gasteiger partial charge on any atom is -0.482 e. The minimum absolute atomic E-state index is 0.0392. The Labute approximate surface area is 223 Å². The number of carbonyl (C=O) groups is 1. The number of hydrogen-bond acceptors (Lipinski definition) is 5. The SMILES string of the molecule is CCCCC[C@@H](O)CC[C@@H]1[C@H]2Cc3cccc(OCC(=O)O[C@@H]4C[C@H]5CC[C@@H]4C5(C)C)c3C[C@H]2C[C@H]1O. The van der Waals surface area contributed by atoms with Crippen LogP contribution in [0.5, 0.6) is 5.75 Å². The highest BCUT2D eigenvalue weighted by Crippen LogP contribution is 2.58. The van der Waals surface area contributed by atoms with Crippen molar-refractivity contribution in [2.75, 3.05) is 6.61 Å². The number of aliphatic hydroxyl groups is 2. The van der Waals surface area contributed by atoms with Gasteiger partial charge in [-0.1, -0.05) is 52.2 Å². The molecular formula is C32H48O5. The van der Waals surface area contributed by atoms with Crippen molar-refractivity contribution in [2.45, 2.75) is 116 Å². The van der Waals surface area contributed by atoms with Crippen LogP contribution in [-0.2, 0) is 22.4 Å². The summed E-state index contributed by atoms with van der Waals surface area (Å²) in [5.41, 5.74) is 2.76. The van der Waals surface area contributed by atoms with Gasteiger partial charge in [-0.05, 0) is 104 Å². The van der Waals surface area contributed by atoms with E-state index in [1.54, 1.807) is 0 Å². The summed E-state index contributed by atoms with van der Waals surface area (Å²) in [6.07, 6.45) is 11.5. The Kier molecular flexibility index (Phi) is 8.21. The molecule has 3 saturated carbocycles. The number of unbranched alkanes of at least 4 members (excludes halogenated alkanes) is 2. The van der Waals surface area contributed by atoms with E-state index in [1.807, 2.05) is 12.1 Å². The van der Waals surface area contributed by atoms with Crippen molar-refractivity contribution in [1.82, 2.24) is 0 Å². The second kappa shape index (κ2) is 11.3. The molecule has 0 heterocycles. The van der Waals surface area contributed by atoms with E-state index < -0.39 is 0 Å². The van der Waals surface area contributed by atoms with Gasteiger partial charge in [-0.15, -0.1) is 0 Å². The summed E-state index contributed by atoms with van der Waals surface area (Å²) in [7, 11) is 0. The fraction of sp³-hybridized carbons (Fsp3) is 0.781. The summed E-state index contributed by atoms with van der Waals surface area (Å²) in [5.74, 6) is 2.81. The predicted octanol–water partition coefficient (Wildman–Crippen LogP) is 5.87. The predicted molar refractivity (Wildman–Crippen MR) is 144 cm³/mol. The fourth-order valence-corrected chi connectivity index (χ4v) is 8.53. The van der Waals surface area contributed by atoms with Crippen molar-refractivity contribution in [3.8, 4) is 5.75 Å². The topological polar surface area (TPSA) is 76.0 Å². The third kappa shape index (κ3) is 5.59. The van der Waals surface area contributed by atoms with Crippen LogP contribution in [0.25, 0.3) is 0 Å².